The first kappa shape index (κ1) is 19.1. The van der Waals surface area contributed by atoms with E-state index in [4.69, 9.17) is 17.0 Å². The standard InChI is InChI=1S/C17H22FN3O3S/c1-17(2,3)24-16(23)21-10-8-20(9-11-21)15(25)19-14(22)12-4-6-13(18)7-5-12/h4-7H,8-11H2,1-3H3,(H,19,22,25). The Morgan fingerprint density at radius 3 is 2.12 bits per heavy atom. The molecule has 0 unspecified atom stereocenters. The van der Waals surface area contributed by atoms with E-state index in [0.717, 1.165) is 0 Å². The summed E-state index contributed by atoms with van der Waals surface area (Å²) in [4.78, 5) is 27.6. The topological polar surface area (TPSA) is 61.9 Å². The zero-order valence-corrected chi connectivity index (χ0v) is 15.4. The van der Waals surface area contributed by atoms with Gasteiger partial charge in [0, 0.05) is 31.7 Å². The van der Waals surface area contributed by atoms with Crippen LogP contribution in [0, 0.1) is 5.82 Å². The van der Waals surface area contributed by atoms with Crippen molar-refractivity contribution >= 4 is 29.3 Å². The molecule has 2 amide bonds. The van der Waals surface area contributed by atoms with E-state index in [2.05, 4.69) is 5.32 Å². The minimum Gasteiger partial charge on any atom is -0.444 e. The molecule has 0 bridgehead atoms. The highest BCUT2D eigenvalue weighted by molar-refractivity contribution is 7.80. The van der Waals surface area contributed by atoms with Gasteiger partial charge < -0.3 is 14.5 Å². The third-order valence-corrected chi connectivity index (χ3v) is 3.91. The summed E-state index contributed by atoms with van der Waals surface area (Å²) >= 11 is 5.25. The number of nitrogens with zero attached hydrogens (tertiary/aromatic N) is 2. The van der Waals surface area contributed by atoms with Gasteiger partial charge in [-0.25, -0.2) is 9.18 Å². The molecule has 1 aromatic carbocycles. The fourth-order valence-electron chi connectivity index (χ4n) is 2.27. The van der Waals surface area contributed by atoms with Crippen LogP contribution in [0.4, 0.5) is 9.18 Å². The van der Waals surface area contributed by atoms with Crippen molar-refractivity contribution in [3.8, 4) is 0 Å². The van der Waals surface area contributed by atoms with Gasteiger partial charge in [-0.15, -0.1) is 0 Å². The SMILES string of the molecule is CC(C)(C)OC(=O)N1CCN(C(=S)NC(=O)c2ccc(F)cc2)CC1. The number of piperazine rings is 1. The van der Waals surface area contributed by atoms with Crippen LogP contribution in [-0.4, -0.2) is 58.7 Å². The van der Waals surface area contributed by atoms with Gasteiger partial charge in [-0.2, -0.15) is 0 Å². The van der Waals surface area contributed by atoms with E-state index in [9.17, 15) is 14.0 Å². The summed E-state index contributed by atoms with van der Waals surface area (Å²) in [6.45, 7) is 7.39. The Labute approximate surface area is 151 Å². The molecule has 1 fully saturated rings. The van der Waals surface area contributed by atoms with Crippen molar-refractivity contribution in [2.45, 2.75) is 26.4 Å². The first-order valence-electron chi connectivity index (χ1n) is 7.99. The second kappa shape index (κ2) is 7.77. The maximum atomic E-state index is 12.9. The molecule has 2 rings (SSSR count). The molecule has 6 nitrogen and oxygen atoms in total. The van der Waals surface area contributed by atoms with Gasteiger partial charge in [0.05, 0.1) is 0 Å². The lowest BCUT2D eigenvalue weighted by molar-refractivity contribution is 0.0186. The molecule has 8 heteroatoms. The predicted molar refractivity (Wildman–Crippen MR) is 95.8 cm³/mol. The molecule has 0 atom stereocenters. The number of thiocarbonyl (C=S) groups is 1. The zero-order chi connectivity index (χ0) is 18.6. The molecule has 25 heavy (non-hydrogen) atoms. The third-order valence-electron chi connectivity index (χ3n) is 3.55. The summed E-state index contributed by atoms with van der Waals surface area (Å²) in [6, 6.07) is 5.23. The average molecular weight is 367 g/mol. The van der Waals surface area contributed by atoms with E-state index in [0.29, 0.717) is 31.7 Å². The monoisotopic (exact) mass is 367 g/mol. The zero-order valence-electron chi connectivity index (χ0n) is 14.5. The van der Waals surface area contributed by atoms with Gasteiger partial charge in [0.2, 0.25) is 0 Å². The molecule has 1 N–H and O–H groups in total. The fraction of sp³-hybridized carbons (Fsp3) is 0.471. The summed E-state index contributed by atoms with van der Waals surface area (Å²) in [5.74, 6) is -0.794. The molecule has 1 aliphatic heterocycles. The lowest BCUT2D eigenvalue weighted by Crippen LogP contribution is -2.54. The van der Waals surface area contributed by atoms with Crippen molar-refractivity contribution in [1.29, 1.82) is 0 Å². The molecular formula is C17H22FN3O3S. The number of halogens is 1. The molecule has 1 heterocycles. The number of carbonyl (C=O) groups excluding carboxylic acids is 2. The number of ether oxygens (including phenoxy) is 1. The summed E-state index contributed by atoms with van der Waals surface area (Å²) in [7, 11) is 0. The van der Waals surface area contributed by atoms with Crippen molar-refractivity contribution < 1.29 is 18.7 Å². The third kappa shape index (κ3) is 5.67. The average Bonchev–Trinajstić information content (AvgIpc) is 2.54. The quantitative estimate of drug-likeness (QED) is 0.773. The minimum absolute atomic E-state index is 0.290. The second-order valence-electron chi connectivity index (χ2n) is 6.72. The Morgan fingerprint density at radius 2 is 1.60 bits per heavy atom. The number of amides is 2. The van der Waals surface area contributed by atoms with Crippen LogP contribution in [0.3, 0.4) is 0 Å². The van der Waals surface area contributed by atoms with Gasteiger partial charge in [-0.3, -0.25) is 10.1 Å². The fourth-order valence-corrected chi connectivity index (χ4v) is 2.54. The van der Waals surface area contributed by atoms with Crippen LogP contribution in [-0.2, 0) is 4.74 Å². The number of nitrogens with one attached hydrogen (secondary N) is 1. The summed E-state index contributed by atoms with van der Waals surface area (Å²) in [6.07, 6.45) is -0.353. The first-order valence-corrected chi connectivity index (χ1v) is 8.40. The van der Waals surface area contributed by atoms with Crippen molar-refractivity contribution in [3.63, 3.8) is 0 Å². The van der Waals surface area contributed by atoms with Gasteiger partial charge in [-0.05, 0) is 57.3 Å². The van der Waals surface area contributed by atoms with Crippen molar-refractivity contribution in [2.24, 2.45) is 0 Å². The molecule has 0 aliphatic carbocycles. The van der Waals surface area contributed by atoms with Gasteiger partial charge in [0.15, 0.2) is 5.11 Å². The van der Waals surface area contributed by atoms with Gasteiger partial charge >= 0.3 is 6.09 Å². The molecule has 136 valence electrons. The van der Waals surface area contributed by atoms with Crippen molar-refractivity contribution in [1.82, 2.24) is 15.1 Å². The smallest absolute Gasteiger partial charge is 0.410 e. The molecule has 0 radical (unpaired) electrons. The van der Waals surface area contributed by atoms with Crippen LogP contribution in [0.2, 0.25) is 0 Å². The van der Waals surface area contributed by atoms with Gasteiger partial charge in [0.1, 0.15) is 11.4 Å². The maximum Gasteiger partial charge on any atom is 0.410 e. The van der Waals surface area contributed by atoms with Crippen LogP contribution in [0.25, 0.3) is 0 Å². The molecule has 0 saturated carbocycles. The number of benzene rings is 1. The molecular weight excluding hydrogens is 345 g/mol. The normalized spacial score (nSPS) is 14.9. The van der Waals surface area contributed by atoms with E-state index in [1.807, 2.05) is 25.7 Å². The summed E-state index contributed by atoms with van der Waals surface area (Å²) in [5, 5.41) is 2.92. The van der Waals surface area contributed by atoms with E-state index >= 15 is 0 Å². The highest BCUT2D eigenvalue weighted by atomic mass is 32.1. The second-order valence-corrected chi connectivity index (χ2v) is 7.11. The van der Waals surface area contributed by atoms with Crippen LogP contribution >= 0.6 is 12.2 Å². The number of hydrogen-bond donors (Lipinski definition) is 1. The highest BCUT2D eigenvalue weighted by Crippen LogP contribution is 2.12. The Bertz CT molecular complexity index is 650. The molecule has 0 aromatic heterocycles. The highest BCUT2D eigenvalue weighted by Gasteiger charge is 2.27. The van der Waals surface area contributed by atoms with Crippen LogP contribution in [0.5, 0.6) is 0 Å². The van der Waals surface area contributed by atoms with Crippen LogP contribution in [0.1, 0.15) is 31.1 Å². The molecule has 0 spiro atoms. The van der Waals surface area contributed by atoms with Crippen molar-refractivity contribution in [3.05, 3.63) is 35.6 Å². The number of carbonyl (C=O) groups is 2. The Kier molecular flexibility index (Phi) is 5.94. The molecule has 1 aromatic rings. The van der Waals surface area contributed by atoms with E-state index in [1.165, 1.54) is 24.3 Å². The van der Waals surface area contributed by atoms with E-state index in [-0.39, 0.29) is 17.1 Å². The number of rotatable bonds is 1. The lowest BCUT2D eigenvalue weighted by Gasteiger charge is -2.36. The van der Waals surface area contributed by atoms with E-state index in [1.54, 1.807) is 4.90 Å². The van der Waals surface area contributed by atoms with E-state index < -0.39 is 11.4 Å². The number of hydrogen-bond acceptors (Lipinski definition) is 4. The largest absolute Gasteiger partial charge is 0.444 e. The summed E-state index contributed by atoms with van der Waals surface area (Å²) < 4.78 is 18.2. The Morgan fingerprint density at radius 1 is 1.08 bits per heavy atom. The minimum atomic E-state index is -0.535. The van der Waals surface area contributed by atoms with Gasteiger partial charge in [0.25, 0.3) is 5.91 Å². The molecule has 1 saturated heterocycles. The molecule has 1 aliphatic rings. The maximum absolute atomic E-state index is 12.9. The van der Waals surface area contributed by atoms with Crippen molar-refractivity contribution in [2.75, 3.05) is 26.2 Å². The Balaban J connectivity index is 1.84. The van der Waals surface area contributed by atoms with Gasteiger partial charge in [-0.1, -0.05) is 0 Å². The summed E-state index contributed by atoms with van der Waals surface area (Å²) in [5.41, 5.74) is -0.205. The lowest BCUT2D eigenvalue weighted by atomic mass is 10.2. The first-order chi connectivity index (χ1) is 11.7. The predicted octanol–water partition coefficient (Wildman–Crippen LogP) is 2.39. The van der Waals surface area contributed by atoms with Crippen LogP contribution < -0.4 is 5.32 Å². The van der Waals surface area contributed by atoms with Crippen LogP contribution in [0.15, 0.2) is 24.3 Å². The Hall–Kier alpha value is -2.22.